The standard InChI is InChI=1S/C17H22N2O5/c1-24-13-8-6-12(7-9-13)19-15(20)11-14(17(19)23)18-10-4-2-3-5-16(21)22/h6-9,14,18H,2-5,10-11H2,1H3,(H,21,22). The lowest BCUT2D eigenvalue weighted by molar-refractivity contribution is -0.137. The summed E-state index contributed by atoms with van der Waals surface area (Å²) in [5.41, 5.74) is 0.538. The fourth-order valence-corrected chi connectivity index (χ4v) is 2.65. The highest BCUT2D eigenvalue weighted by Crippen LogP contribution is 2.25. The minimum absolute atomic E-state index is 0.139. The third-order valence-corrected chi connectivity index (χ3v) is 3.94. The van der Waals surface area contributed by atoms with Gasteiger partial charge in [0.2, 0.25) is 5.91 Å². The maximum absolute atomic E-state index is 12.4. The Morgan fingerprint density at radius 3 is 2.58 bits per heavy atom. The number of nitrogens with one attached hydrogen (secondary N) is 1. The molecule has 1 unspecified atom stereocenters. The zero-order chi connectivity index (χ0) is 17.5. The monoisotopic (exact) mass is 334 g/mol. The van der Waals surface area contributed by atoms with Gasteiger partial charge in [0.15, 0.2) is 0 Å². The Balaban J connectivity index is 1.83. The van der Waals surface area contributed by atoms with E-state index in [0.29, 0.717) is 24.4 Å². The molecule has 24 heavy (non-hydrogen) atoms. The van der Waals surface area contributed by atoms with E-state index in [0.717, 1.165) is 12.8 Å². The summed E-state index contributed by atoms with van der Waals surface area (Å²) in [6, 6.07) is 6.27. The van der Waals surface area contributed by atoms with Gasteiger partial charge in [-0.25, -0.2) is 4.90 Å². The molecular formula is C17H22N2O5. The number of hydrogen-bond acceptors (Lipinski definition) is 5. The molecule has 130 valence electrons. The van der Waals surface area contributed by atoms with Gasteiger partial charge in [0, 0.05) is 6.42 Å². The van der Waals surface area contributed by atoms with Gasteiger partial charge in [-0.3, -0.25) is 14.4 Å². The summed E-state index contributed by atoms with van der Waals surface area (Å²) in [6.07, 6.45) is 2.46. The van der Waals surface area contributed by atoms with E-state index in [1.165, 1.54) is 4.90 Å². The van der Waals surface area contributed by atoms with Gasteiger partial charge in [0.25, 0.3) is 5.91 Å². The summed E-state index contributed by atoms with van der Waals surface area (Å²) in [4.78, 5) is 36.2. The second kappa shape index (κ2) is 8.44. The molecule has 1 saturated heterocycles. The number of carbonyl (C=O) groups excluding carboxylic acids is 2. The zero-order valence-corrected chi connectivity index (χ0v) is 13.7. The van der Waals surface area contributed by atoms with Crippen LogP contribution >= 0.6 is 0 Å². The molecule has 1 aromatic carbocycles. The zero-order valence-electron chi connectivity index (χ0n) is 13.7. The SMILES string of the molecule is COc1ccc(N2C(=O)CC(NCCCCCC(=O)O)C2=O)cc1. The van der Waals surface area contributed by atoms with E-state index < -0.39 is 12.0 Å². The molecule has 7 heteroatoms. The number of aliphatic carboxylic acids is 1. The lowest BCUT2D eigenvalue weighted by Gasteiger charge is -2.16. The van der Waals surface area contributed by atoms with Crippen molar-refractivity contribution in [2.45, 2.75) is 38.1 Å². The summed E-state index contributed by atoms with van der Waals surface area (Å²) >= 11 is 0. The average Bonchev–Trinajstić information content (AvgIpc) is 2.84. The minimum Gasteiger partial charge on any atom is -0.497 e. The third kappa shape index (κ3) is 4.55. The Morgan fingerprint density at radius 2 is 1.96 bits per heavy atom. The van der Waals surface area contributed by atoms with Gasteiger partial charge in [-0.2, -0.15) is 0 Å². The molecule has 7 nitrogen and oxygen atoms in total. The van der Waals surface area contributed by atoms with Crippen LogP contribution in [0.15, 0.2) is 24.3 Å². The van der Waals surface area contributed by atoms with Crippen molar-refractivity contribution in [2.75, 3.05) is 18.6 Å². The number of carboxylic acids is 1. The maximum Gasteiger partial charge on any atom is 0.303 e. The second-order valence-electron chi connectivity index (χ2n) is 5.68. The molecule has 0 bridgehead atoms. The van der Waals surface area contributed by atoms with E-state index >= 15 is 0 Å². The van der Waals surface area contributed by atoms with E-state index in [1.807, 2.05) is 0 Å². The number of ether oxygens (including phenoxy) is 1. The fraction of sp³-hybridized carbons (Fsp3) is 0.471. The molecule has 1 aliphatic rings. The molecule has 0 aromatic heterocycles. The van der Waals surface area contributed by atoms with Crippen LogP contribution in [0, 0.1) is 0 Å². The van der Waals surface area contributed by atoms with E-state index in [2.05, 4.69) is 5.32 Å². The van der Waals surface area contributed by atoms with E-state index in [-0.39, 0.29) is 24.7 Å². The van der Waals surface area contributed by atoms with Gasteiger partial charge in [-0.15, -0.1) is 0 Å². The smallest absolute Gasteiger partial charge is 0.303 e. The lowest BCUT2D eigenvalue weighted by Crippen LogP contribution is -2.39. The Bertz CT molecular complexity index is 600. The quantitative estimate of drug-likeness (QED) is 0.525. The molecule has 2 N–H and O–H groups in total. The van der Waals surface area contributed by atoms with Crippen LogP contribution in [0.25, 0.3) is 0 Å². The number of methoxy groups -OCH3 is 1. The van der Waals surface area contributed by atoms with Crippen LogP contribution in [0.4, 0.5) is 5.69 Å². The van der Waals surface area contributed by atoms with Gasteiger partial charge in [0.05, 0.1) is 25.3 Å². The van der Waals surface area contributed by atoms with Crippen LogP contribution in [-0.4, -0.2) is 42.6 Å². The topological polar surface area (TPSA) is 95.9 Å². The molecule has 1 atom stereocenters. The highest BCUT2D eigenvalue weighted by molar-refractivity contribution is 6.22. The Morgan fingerprint density at radius 1 is 1.25 bits per heavy atom. The molecule has 0 spiro atoms. The number of imide groups is 1. The van der Waals surface area contributed by atoms with Crippen molar-refractivity contribution in [3.63, 3.8) is 0 Å². The molecule has 1 aromatic rings. The van der Waals surface area contributed by atoms with Crippen molar-refractivity contribution in [3.05, 3.63) is 24.3 Å². The second-order valence-corrected chi connectivity index (χ2v) is 5.68. The first-order valence-electron chi connectivity index (χ1n) is 7.99. The van der Waals surface area contributed by atoms with Crippen molar-refractivity contribution >= 4 is 23.5 Å². The number of nitrogens with zero attached hydrogens (tertiary/aromatic N) is 1. The number of rotatable bonds is 9. The number of amides is 2. The van der Waals surface area contributed by atoms with Crippen LogP contribution < -0.4 is 15.0 Å². The molecule has 0 radical (unpaired) electrons. The van der Waals surface area contributed by atoms with Crippen LogP contribution in [0.2, 0.25) is 0 Å². The number of carboxylic acid groups (broad SMARTS) is 1. The van der Waals surface area contributed by atoms with Crippen molar-refractivity contribution in [1.82, 2.24) is 5.32 Å². The molecule has 0 aliphatic carbocycles. The van der Waals surface area contributed by atoms with Crippen LogP contribution in [0.3, 0.4) is 0 Å². The molecular weight excluding hydrogens is 312 g/mol. The number of benzene rings is 1. The highest BCUT2D eigenvalue weighted by Gasteiger charge is 2.39. The first kappa shape index (κ1) is 17.9. The van der Waals surface area contributed by atoms with Gasteiger partial charge < -0.3 is 15.2 Å². The summed E-state index contributed by atoms with van der Waals surface area (Å²) < 4.78 is 5.07. The van der Waals surface area contributed by atoms with Crippen molar-refractivity contribution < 1.29 is 24.2 Å². The van der Waals surface area contributed by atoms with Gasteiger partial charge >= 0.3 is 5.97 Å². The van der Waals surface area contributed by atoms with Crippen molar-refractivity contribution in [1.29, 1.82) is 0 Å². The highest BCUT2D eigenvalue weighted by atomic mass is 16.5. The molecule has 1 heterocycles. The summed E-state index contributed by atoms with van der Waals surface area (Å²) in [5, 5.41) is 11.7. The first-order chi connectivity index (χ1) is 11.5. The predicted octanol–water partition coefficient (Wildman–Crippen LogP) is 1.56. The molecule has 2 amide bonds. The third-order valence-electron chi connectivity index (χ3n) is 3.94. The van der Waals surface area contributed by atoms with Crippen LogP contribution in [0.1, 0.15) is 32.1 Å². The summed E-state index contributed by atoms with van der Waals surface area (Å²) in [7, 11) is 1.55. The fourth-order valence-electron chi connectivity index (χ4n) is 2.65. The average molecular weight is 334 g/mol. The molecule has 1 fully saturated rings. The number of carbonyl (C=O) groups is 3. The normalized spacial score (nSPS) is 17.4. The van der Waals surface area contributed by atoms with Gasteiger partial charge in [0.1, 0.15) is 5.75 Å². The Kier molecular flexibility index (Phi) is 6.31. The van der Waals surface area contributed by atoms with Crippen molar-refractivity contribution in [3.8, 4) is 5.75 Å². The number of anilines is 1. The lowest BCUT2D eigenvalue weighted by atomic mass is 10.2. The minimum atomic E-state index is -0.797. The number of hydrogen-bond donors (Lipinski definition) is 2. The molecule has 2 rings (SSSR count). The summed E-state index contributed by atoms with van der Waals surface area (Å²) in [6.45, 7) is 0.583. The van der Waals surface area contributed by atoms with E-state index in [4.69, 9.17) is 9.84 Å². The van der Waals surface area contributed by atoms with Gasteiger partial charge in [-0.05, 0) is 43.7 Å². The summed E-state index contributed by atoms with van der Waals surface area (Å²) in [5.74, 6) is -0.618. The first-order valence-corrected chi connectivity index (χ1v) is 7.99. The Hall–Kier alpha value is -2.41. The number of unbranched alkanes of at least 4 members (excludes halogenated alkanes) is 2. The van der Waals surface area contributed by atoms with Crippen molar-refractivity contribution in [2.24, 2.45) is 0 Å². The van der Waals surface area contributed by atoms with Gasteiger partial charge in [-0.1, -0.05) is 6.42 Å². The predicted molar refractivity (Wildman–Crippen MR) is 88.0 cm³/mol. The largest absolute Gasteiger partial charge is 0.497 e. The van der Waals surface area contributed by atoms with E-state index in [9.17, 15) is 14.4 Å². The Labute approximate surface area is 140 Å². The molecule has 1 aliphatic heterocycles. The van der Waals surface area contributed by atoms with Crippen LogP contribution in [0.5, 0.6) is 5.75 Å². The molecule has 0 saturated carbocycles. The maximum atomic E-state index is 12.4. The van der Waals surface area contributed by atoms with E-state index in [1.54, 1.807) is 31.4 Å². The van der Waals surface area contributed by atoms with Crippen LogP contribution in [-0.2, 0) is 14.4 Å².